The molecule has 0 saturated carbocycles. The van der Waals surface area contributed by atoms with Crippen molar-refractivity contribution in [2.75, 3.05) is 0 Å². The van der Waals surface area contributed by atoms with Crippen LogP contribution in [0.4, 0.5) is 4.39 Å². The number of hydrogen-bond acceptors (Lipinski definition) is 2. The Labute approximate surface area is 108 Å². The van der Waals surface area contributed by atoms with Gasteiger partial charge in [0.2, 0.25) is 0 Å². The minimum Gasteiger partial charge on any atom is -0.322 e. The monoisotopic (exact) mass is 297 g/mol. The van der Waals surface area contributed by atoms with E-state index < -0.39 is 0 Å². The van der Waals surface area contributed by atoms with Crippen LogP contribution in [0.25, 0.3) is 0 Å². The molecule has 0 aliphatic carbocycles. The van der Waals surface area contributed by atoms with E-state index in [-0.39, 0.29) is 11.9 Å². The quantitative estimate of drug-likeness (QED) is 0.946. The van der Waals surface area contributed by atoms with Crippen molar-refractivity contribution in [2.45, 2.75) is 12.5 Å². The van der Waals surface area contributed by atoms with Gasteiger partial charge in [0.25, 0.3) is 0 Å². The molecular weight excluding hydrogens is 285 g/mol. The van der Waals surface area contributed by atoms with Crippen molar-refractivity contribution in [1.29, 1.82) is 0 Å². The van der Waals surface area contributed by atoms with E-state index in [4.69, 9.17) is 5.73 Å². The van der Waals surface area contributed by atoms with Gasteiger partial charge in [0.15, 0.2) is 0 Å². The molecule has 0 bridgehead atoms. The fraction of sp³-hybridized carbons (Fsp3) is 0.250. The van der Waals surface area contributed by atoms with Gasteiger partial charge in [-0.3, -0.25) is 4.68 Å². The average molecular weight is 298 g/mol. The molecule has 0 radical (unpaired) electrons. The molecule has 1 aromatic carbocycles. The van der Waals surface area contributed by atoms with Crippen LogP contribution in [0.2, 0.25) is 0 Å². The van der Waals surface area contributed by atoms with E-state index in [1.54, 1.807) is 10.7 Å². The van der Waals surface area contributed by atoms with Crippen molar-refractivity contribution in [2.24, 2.45) is 12.8 Å². The van der Waals surface area contributed by atoms with Gasteiger partial charge in [-0.2, -0.15) is 5.10 Å². The van der Waals surface area contributed by atoms with Gasteiger partial charge in [-0.25, -0.2) is 4.39 Å². The van der Waals surface area contributed by atoms with Gasteiger partial charge in [-0.15, -0.1) is 0 Å². The van der Waals surface area contributed by atoms with Crippen molar-refractivity contribution >= 4 is 15.9 Å². The van der Waals surface area contributed by atoms with Crippen molar-refractivity contribution < 1.29 is 4.39 Å². The molecule has 0 aliphatic rings. The Hall–Kier alpha value is -1.20. The predicted molar refractivity (Wildman–Crippen MR) is 67.9 cm³/mol. The minimum absolute atomic E-state index is 0.228. The molecule has 1 unspecified atom stereocenters. The maximum absolute atomic E-state index is 13.3. The molecule has 2 aromatic rings. The highest BCUT2D eigenvalue weighted by Crippen LogP contribution is 2.24. The fourth-order valence-corrected chi connectivity index (χ4v) is 2.10. The van der Waals surface area contributed by atoms with Gasteiger partial charge in [0, 0.05) is 13.2 Å². The van der Waals surface area contributed by atoms with E-state index >= 15 is 0 Å². The molecule has 0 saturated heterocycles. The van der Waals surface area contributed by atoms with E-state index in [1.165, 1.54) is 6.07 Å². The summed E-state index contributed by atoms with van der Waals surface area (Å²) in [5, 5.41) is 4.24. The summed E-state index contributed by atoms with van der Waals surface area (Å²) in [5.41, 5.74) is 7.70. The van der Waals surface area contributed by atoms with Gasteiger partial charge >= 0.3 is 0 Å². The van der Waals surface area contributed by atoms with E-state index in [2.05, 4.69) is 21.0 Å². The third kappa shape index (κ3) is 2.73. The van der Waals surface area contributed by atoms with Crippen molar-refractivity contribution in [3.05, 3.63) is 52.0 Å². The van der Waals surface area contributed by atoms with Gasteiger partial charge in [0.1, 0.15) is 5.82 Å². The number of halogens is 2. The third-order valence-corrected chi connectivity index (χ3v) is 3.47. The highest BCUT2D eigenvalue weighted by molar-refractivity contribution is 9.10. The lowest BCUT2D eigenvalue weighted by molar-refractivity contribution is 0.610. The van der Waals surface area contributed by atoms with Gasteiger partial charge < -0.3 is 5.73 Å². The maximum Gasteiger partial charge on any atom is 0.137 e. The first kappa shape index (κ1) is 12.3. The summed E-state index contributed by atoms with van der Waals surface area (Å²) in [6.07, 6.45) is 2.39. The SMILES string of the molecule is Cn1ccc(C(N)Cc2cccc(F)c2Br)n1. The Bertz CT molecular complexity index is 524. The first-order chi connectivity index (χ1) is 8.08. The molecule has 3 nitrogen and oxygen atoms in total. The van der Waals surface area contributed by atoms with Crippen LogP contribution in [0.5, 0.6) is 0 Å². The van der Waals surface area contributed by atoms with Crippen LogP contribution >= 0.6 is 15.9 Å². The molecule has 90 valence electrons. The highest BCUT2D eigenvalue weighted by Gasteiger charge is 2.13. The largest absolute Gasteiger partial charge is 0.322 e. The van der Waals surface area contributed by atoms with Crippen LogP contribution in [0.1, 0.15) is 17.3 Å². The Balaban J connectivity index is 2.18. The summed E-state index contributed by atoms with van der Waals surface area (Å²) in [6.45, 7) is 0. The summed E-state index contributed by atoms with van der Waals surface area (Å²) in [7, 11) is 1.84. The number of aryl methyl sites for hydroxylation is 1. The molecule has 1 aromatic heterocycles. The Morgan fingerprint density at radius 1 is 1.47 bits per heavy atom. The number of rotatable bonds is 3. The van der Waals surface area contributed by atoms with Crippen LogP contribution in [0.3, 0.4) is 0 Å². The summed E-state index contributed by atoms with van der Waals surface area (Å²) in [5.74, 6) is -0.268. The highest BCUT2D eigenvalue weighted by atomic mass is 79.9. The molecule has 0 fully saturated rings. The van der Waals surface area contributed by atoms with Crippen LogP contribution in [0, 0.1) is 5.82 Å². The number of nitrogens with two attached hydrogens (primary N) is 1. The fourth-order valence-electron chi connectivity index (χ4n) is 1.68. The normalized spacial score (nSPS) is 12.7. The first-order valence-electron chi connectivity index (χ1n) is 5.26. The number of benzene rings is 1. The van der Waals surface area contributed by atoms with Gasteiger partial charge in [-0.1, -0.05) is 12.1 Å². The van der Waals surface area contributed by atoms with Crippen LogP contribution < -0.4 is 5.73 Å². The van der Waals surface area contributed by atoms with E-state index in [9.17, 15) is 4.39 Å². The zero-order valence-electron chi connectivity index (χ0n) is 9.40. The molecule has 0 spiro atoms. The summed E-state index contributed by atoms with van der Waals surface area (Å²) < 4.78 is 15.5. The second-order valence-corrected chi connectivity index (χ2v) is 4.73. The molecule has 1 atom stereocenters. The molecule has 0 aliphatic heterocycles. The summed E-state index contributed by atoms with van der Waals surface area (Å²) >= 11 is 3.23. The smallest absolute Gasteiger partial charge is 0.137 e. The lowest BCUT2D eigenvalue weighted by Crippen LogP contribution is -2.14. The third-order valence-electron chi connectivity index (χ3n) is 2.59. The molecule has 2 N–H and O–H groups in total. The number of hydrogen-bond donors (Lipinski definition) is 1. The number of nitrogens with zero attached hydrogens (tertiary/aromatic N) is 2. The number of aromatic nitrogens is 2. The van der Waals surface area contributed by atoms with E-state index in [1.807, 2.05) is 25.4 Å². The van der Waals surface area contributed by atoms with Gasteiger partial charge in [0.05, 0.1) is 16.2 Å². The average Bonchev–Trinajstić information content (AvgIpc) is 2.72. The Morgan fingerprint density at radius 2 is 2.24 bits per heavy atom. The Morgan fingerprint density at radius 3 is 2.88 bits per heavy atom. The van der Waals surface area contributed by atoms with Crippen molar-refractivity contribution in [3.63, 3.8) is 0 Å². The molecule has 1 heterocycles. The van der Waals surface area contributed by atoms with Gasteiger partial charge in [-0.05, 0) is 40.0 Å². The Kier molecular flexibility index (Phi) is 3.59. The van der Waals surface area contributed by atoms with Crippen LogP contribution in [-0.2, 0) is 13.5 Å². The van der Waals surface area contributed by atoms with Crippen LogP contribution in [0.15, 0.2) is 34.9 Å². The summed E-state index contributed by atoms with van der Waals surface area (Å²) in [6, 6.07) is 6.60. The zero-order chi connectivity index (χ0) is 12.4. The zero-order valence-corrected chi connectivity index (χ0v) is 11.0. The molecule has 17 heavy (non-hydrogen) atoms. The topological polar surface area (TPSA) is 43.8 Å². The minimum atomic E-state index is -0.268. The standard InChI is InChI=1S/C12H13BrFN3/c1-17-6-5-11(16-17)10(15)7-8-3-2-4-9(14)12(8)13/h2-6,10H,7,15H2,1H3. The van der Waals surface area contributed by atoms with Crippen molar-refractivity contribution in [1.82, 2.24) is 9.78 Å². The molecular formula is C12H13BrFN3. The second kappa shape index (κ2) is 4.98. The first-order valence-corrected chi connectivity index (χ1v) is 6.05. The second-order valence-electron chi connectivity index (χ2n) is 3.94. The lowest BCUT2D eigenvalue weighted by atomic mass is 10.0. The predicted octanol–water partition coefficient (Wildman–Crippen LogP) is 2.56. The molecule has 2 rings (SSSR count). The molecule has 0 amide bonds. The van der Waals surface area contributed by atoms with Crippen molar-refractivity contribution in [3.8, 4) is 0 Å². The summed E-state index contributed by atoms with van der Waals surface area (Å²) in [4.78, 5) is 0. The maximum atomic E-state index is 13.3. The van der Waals surface area contributed by atoms with E-state index in [0.717, 1.165) is 11.3 Å². The van der Waals surface area contributed by atoms with Crippen LogP contribution in [-0.4, -0.2) is 9.78 Å². The lowest BCUT2D eigenvalue weighted by Gasteiger charge is -2.10. The van der Waals surface area contributed by atoms with E-state index in [0.29, 0.717) is 10.9 Å². The molecule has 5 heteroatoms.